The van der Waals surface area contributed by atoms with Gasteiger partial charge in [-0.3, -0.25) is 14.9 Å². The van der Waals surface area contributed by atoms with Gasteiger partial charge in [0.05, 0.1) is 17.1 Å². The predicted molar refractivity (Wildman–Crippen MR) is 102 cm³/mol. The molecule has 0 saturated heterocycles. The molecule has 0 amide bonds. The predicted octanol–water partition coefficient (Wildman–Crippen LogP) is 4.32. The monoisotopic (exact) mass is 441 g/mol. The molecule has 27 heavy (non-hydrogen) atoms. The van der Waals surface area contributed by atoms with Crippen molar-refractivity contribution in [3.63, 3.8) is 0 Å². The third-order valence-electron chi connectivity index (χ3n) is 3.53. The van der Waals surface area contributed by atoms with Crippen molar-refractivity contribution in [2.45, 2.75) is 19.6 Å². The van der Waals surface area contributed by atoms with Crippen molar-refractivity contribution in [3.8, 4) is 6.07 Å². The Kier molecular flexibility index (Phi) is 9.78. The van der Waals surface area contributed by atoms with Gasteiger partial charge in [0, 0.05) is 32.0 Å². The van der Waals surface area contributed by atoms with Crippen LogP contribution in [0.5, 0.6) is 0 Å². The molecule has 0 saturated carbocycles. The van der Waals surface area contributed by atoms with Crippen LogP contribution in [0.3, 0.4) is 0 Å². The molecule has 0 atom stereocenters. The molecule has 0 aliphatic heterocycles. The van der Waals surface area contributed by atoms with Crippen molar-refractivity contribution >= 4 is 20.2 Å². The number of hydrogen-bond acceptors (Lipinski definition) is 5. The second-order valence-corrected chi connectivity index (χ2v) is 7.29. The van der Waals surface area contributed by atoms with Gasteiger partial charge in [-0.2, -0.15) is 5.26 Å². The van der Waals surface area contributed by atoms with Gasteiger partial charge in [-0.1, -0.05) is 18.2 Å². The number of aromatic nitrogens is 3. The van der Waals surface area contributed by atoms with E-state index in [9.17, 15) is 0 Å². The zero-order valence-electron chi connectivity index (χ0n) is 14.3. The summed E-state index contributed by atoms with van der Waals surface area (Å²) in [5.74, 6) is 0. The average Bonchev–Trinajstić information content (AvgIpc) is 2.70. The van der Waals surface area contributed by atoms with Crippen LogP contribution in [0.4, 0.5) is 0 Å². The van der Waals surface area contributed by atoms with E-state index in [0.717, 1.165) is 17.1 Å². The van der Waals surface area contributed by atoms with Gasteiger partial charge in [-0.05, 0) is 36.4 Å². The van der Waals surface area contributed by atoms with E-state index in [1.54, 1.807) is 18.5 Å². The summed E-state index contributed by atoms with van der Waals surface area (Å²) in [6.45, 7) is 2.01. The van der Waals surface area contributed by atoms with E-state index in [0.29, 0.717) is 25.3 Å². The Morgan fingerprint density at radius 2 is 1.33 bits per heavy atom. The second kappa shape index (κ2) is 12.4. The zero-order chi connectivity index (χ0) is 19.3. The van der Waals surface area contributed by atoms with Gasteiger partial charge < -0.3 is 0 Å². The van der Waals surface area contributed by atoms with Gasteiger partial charge >= 0.3 is 33.3 Å². The van der Waals surface area contributed by atoms with Crippen LogP contribution in [0.25, 0.3) is 0 Å². The SMILES string of the molecule is N#Cc1cccc(CN(Cc2ccccn2)Cc2ccccn2)n1.[Cl][Fe][Cl]. The second-order valence-electron chi connectivity index (χ2n) is 5.46. The number of rotatable bonds is 6. The molecule has 0 bridgehead atoms. The molecular weight excluding hydrogens is 425 g/mol. The van der Waals surface area contributed by atoms with E-state index >= 15 is 0 Å². The van der Waals surface area contributed by atoms with E-state index in [4.69, 9.17) is 25.5 Å². The zero-order valence-corrected chi connectivity index (χ0v) is 16.9. The Morgan fingerprint density at radius 1 is 0.815 bits per heavy atom. The molecule has 8 heteroatoms. The third kappa shape index (κ3) is 8.04. The van der Waals surface area contributed by atoms with Crippen molar-refractivity contribution in [2.24, 2.45) is 0 Å². The number of nitriles is 1. The molecule has 3 aromatic heterocycles. The van der Waals surface area contributed by atoms with Crippen molar-refractivity contribution in [3.05, 3.63) is 89.8 Å². The summed E-state index contributed by atoms with van der Waals surface area (Å²) in [6, 6.07) is 19.4. The number of halogens is 2. The fraction of sp³-hybridized carbons (Fsp3) is 0.158. The summed E-state index contributed by atoms with van der Waals surface area (Å²) >= 11 is 0.194. The summed E-state index contributed by atoms with van der Waals surface area (Å²) in [5.41, 5.74) is 3.28. The average molecular weight is 442 g/mol. The minimum atomic E-state index is 0.194. The summed E-state index contributed by atoms with van der Waals surface area (Å²) in [6.07, 6.45) is 3.59. The van der Waals surface area contributed by atoms with Gasteiger partial charge in [0.2, 0.25) is 0 Å². The van der Waals surface area contributed by atoms with Crippen molar-refractivity contribution < 1.29 is 13.1 Å². The summed E-state index contributed by atoms with van der Waals surface area (Å²) in [7, 11) is 9.53. The van der Waals surface area contributed by atoms with E-state index < -0.39 is 0 Å². The molecule has 3 aromatic rings. The molecule has 5 nitrogen and oxygen atoms in total. The van der Waals surface area contributed by atoms with Crippen LogP contribution >= 0.6 is 20.2 Å². The maximum absolute atomic E-state index is 9.02. The Balaban J connectivity index is 0.000000817. The summed E-state index contributed by atoms with van der Waals surface area (Å²) < 4.78 is 0. The number of hydrogen-bond donors (Lipinski definition) is 0. The molecule has 140 valence electrons. The molecule has 0 radical (unpaired) electrons. The maximum atomic E-state index is 9.02. The summed E-state index contributed by atoms with van der Waals surface area (Å²) in [4.78, 5) is 15.4. The first kappa shape index (κ1) is 21.3. The minimum absolute atomic E-state index is 0.194. The molecule has 3 rings (SSSR count). The Morgan fingerprint density at radius 3 is 1.81 bits per heavy atom. The first-order valence-corrected chi connectivity index (χ1v) is 11.0. The normalized spacial score (nSPS) is 10.1. The van der Waals surface area contributed by atoms with Crippen molar-refractivity contribution in [2.75, 3.05) is 0 Å². The molecule has 0 N–H and O–H groups in total. The Bertz CT molecular complexity index is 802. The van der Waals surface area contributed by atoms with Crippen molar-refractivity contribution in [1.82, 2.24) is 19.9 Å². The van der Waals surface area contributed by atoms with E-state index in [1.807, 2.05) is 48.5 Å². The molecule has 0 aromatic carbocycles. The van der Waals surface area contributed by atoms with Crippen LogP contribution in [0.2, 0.25) is 0 Å². The van der Waals surface area contributed by atoms with Crippen LogP contribution in [0, 0.1) is 11.3 Å². The quantitative estimate of drug-likeness (QED) is 0.533. The van der Waals surface area contributed by atoms with E-state index in [2.05, 4.69) is 25.9 Å². The van der Waals surface area contributed by atoms with Gasteiger partial charge in [-0.25, -0.2) is 4.98 Å². The van der Waals surface area contributed by atoms with Crippen LogP contribution in [0.15, 0.2) is 67.0 Å². The number of nitrogens with zero attached hydrogens (tertiary/aromatic N) is 5. The first-order valence-electron chi connectivity index (χ1n) is 7.98. The molecule has 0 fully saturated rings. The van der Waals surface area contributed by atoms with Crippen molar-refractivity contribution in [1.29, 1.82) is 5.26 Å². The fourth-order valence-corrected chi connectivity index (χ4v) is 2.47. The van der Waals surface area contributed by atoms with Crippen LogP contribution in [-0.2, 0) is 32.8 Å². The number of pyridine rings is 3. The molecule has 0 unspecified atom stereocenters. The molecule has 3 heterocycles. The van der Waals surface area contributed by atoms with Crippen LogP contribution in [-0.4, -0.2) is 19.9 Å². The van der Waals surface area contributed by atoms with E-state index in [-0.39, 0.29) is 13.1 Å². The fourth-order valence-electron chi connectivity index (χ4n) is 2.47. The Hall–Kier alpha value is -2.00. The van der Waals surface area contributed by atoms with Gasteiger partial charge in [-0.15, -0.1) is 0 Å². The van der Waals surface area contributed by atoms with Gasteiger partial charge in [0.15, 0.2) is 0 Å². The standard InChI is InChI=1S/C19H17N5.2ClH.Fe/c20-12-16-8-5-9-19(23-16)15-24(13-17-6-1-3-10-21-17)14-18-7-2-4-11-22-18;;;/h1-11H,13-15H2;2*1H;/q;;;+2/p-2. The summed E-state index contributed by atoms with van der Waals surface area (Å²) in [5, 5.41) is 9.02. The molecule has 0 aliphatic rings. The topological polar surface area (TPSA) is 65.7 Å². The molecular formula is C19H17Cl2FeN5. The van der Waals surface area contributed by atoms with Crippen LogP contribution < -0.4 is 0 Å². The molecule has 0 spiro atoms. The van der Waals surface area contributed by atoms with Crippen LogP contribution in [0.1, 0.15) is 22.8 Å². The van der Waals surface area contributed by atoms with E-state index in [1.165, 1.54) is 0 Å². The van der Waals surface area contributed by atoms with Gasteiger partial charge in [0.1, 0.15) is 11.8 Å². The third-order valence-corrected chi connectivity index (χ3v) is 3.53. The van der Waals surface area contributed by atoms with Gasteiger partial charge in [0.25, 0.3) is 0 Å². The molecule has 0 aliphatic carbocycles. The first-order chi connectivity index (χ1) is 13.2. The Labute approximate surface area is 173 Å².